The number of nitrogens with zero attached hydrogens (tertiary/aromatic N) is 1. The van der Waals surface area contributed by atoms with Crippen LogP contribution in [0, 0.1) is 11.3 Å². The van der Waals surface area contributed by atoms with Crippen molar-refractivity contribution in [2.75, 3.05) is 13.2 Å². The molecule has 6 heteroatoms. The van der Waals surface area contributed by atoms with Crippen molar-refractivity contribution in [3.63, 3.8) is 0 Å². The Labute approximate surface area is 149 Å². The predicted molar refractivity (Wildman–Crippen MR) is 95.2 cm³/mol. The lowest BCUT2D eigenvalue weighted by atomic mass is 9.77. The van der Waals surface area contributed by atoms with Crippen LogP contribution in [0.2, 0.25) is 0 Å². The van der Waals surface area contributed by atoms with Crippen molar-refractivity contribution in [1.29, 1.82) is 0 Å². The minimum absolute atomic E-state index is 0.0515. The maximum Gasteiger partial charge on any atom is 0.407 e. The van der Waals surface area contributed by atoms with Gasteiger partial charge in [0, 0.05) is 6.54 Å². The Morgan fingerprint density at radius 1 is 1.32 bits per heavy atom. The molecule has 138 valence electrons. The fourth-order valence-corrected chi connectivity index (χ4v) is 2.94. The standard InChI is InChI=1S/C19H28N2O4/c1-13(19(2,3)4)15-12-25-16(11-21(15)18(23)24)17(22)20-10-14-8-6-5-7-9-14/h5-9,13,15-16H,10-12H2,1-4H3,(H,20,22)(H,23,24)/t13?,15-,16-/m0/s1. The molecule has 2 N–H and O–H groups in total. The predicted octanol–water partition coefficient (Wildman–Crippen LogP) is 2.73. The molecule has 1 aromatic carbocycles. The maximum atomic E-state index is 12.4. The SMILES string of the molecule is CC([C@@H]1CO[C@H](C(=O)NCc2ccccc2)CN1C(=O)O)C(C)(C)C. The average Bonchev–Trinajstić information content (AvgIpc) is 2.58. The molecule has 0 aromatic heterocycles. The summed E-state index contributed by atoms with van der Waals surface area (Å²) in [6.45, 7) is 8.95. The minimum Gasteiger partial charge on any atom is -0.465 e. The summed E-state index contributed by atoms with van der Waals surface area (Å²) in [5.74, 6) is -0.172. The first kappa shape index (κ1) is 19.2. The third-order valence-corrected chi connectivity index (χ3v) is 5.02. The zero-order valence-corrected chi connectivity index (χ0v) is 15.4. The summed E-state index contributed by atoms with van der Waals surface area (Å²) < 4.78 is 5.72. The van der Waals surface area contributed by atoms with Crippen LogP contribution in [0.5, 0.6) is 0 Å². The van der Waals surface area contributed by atoms with Gasteiger partial charge >= 0.3 is 6.09 Å². The monoisotopic (exact) mass is 348 g/mol. The van der Waals surface area contributed by atoms with Gasteiger partial charge in [0.2, 0.25) is 0 Å². The van der Waals surface area contributed by atoms with Crippen molar-refractivity contribution in [3.05, 3.63) is 35.9 Å². The minimum atomic E-state index is -1.01. The number of morpholine rings is 1. The number of carboxylic acid groups (broad SMARTS) is 1. The van der Waals surface area contributed by atoms with Gasteiger partial charge in [-0.1, -0.05) is 58.0 Å². The first-order valence-corrected chi connectivity index (χ1v) is 8.63. The molecule has 1 saturated heterocycles. The second-order valence-electron chi connectivity index (χ2n) is 7.68. The molecule has 2 rings (SSSR count). The molecule has 0 bridgehead atoms. The highest BCUT2D eigenvalue weighted by molar-refractivity contribution is 5.82. The zero-order chi connectivity index (χ0) is 18.6. The highest BCUT2D eigenvalue weighted by Gasteiger charge is 2.41. The topological polar surface area (TPSA) is 78.9 Å². The first-order valence-electron chi connectivity index (χ1n) is 8.63. The van der Waals surface area contributed by atoms with Crippen molar-refractivity contribution in [2.24, 2.45) is 11.3 Å². The average molecular weight is 348 g/mol. The summed E-state index contributed by atoms with van der Waals surface area (Å²) >= 11 is 0. The molecule has 0 spiro atoms. The van der Waals surface area contributed by atoms with Crippen molar-refractivity contribution >= 4 is 12.0 Å². The fourth-order valence-electron chi connectivity index (χ4n) is 2.94. The number of carbonyl (C=O) groups excluding carboxylic acids is 1. The van der Waals surface area contributed by atoms with Crippen molar-refractivity contribution in [3.8, 4) is 0 Å². The van der Waals surface area contributed by atoms with Gasteiger partial charge in [0.1, 0.15) is 0 Å². The summed E-state index contributed by atoms with van der Waals surface area (Å²) in [5.41, 5.74) is 0.936. The molecular formula is C19H28N2O4. The highest BCUT2D eigenvalue weighted by atomic mass is 16.5. The maximum absolute atomic E-state index is 12.4. The number of nitrogens with one attached hydrogen (secondary N) is 1. The van der Waals surface area contributed by atoms with E-state index in [0.29, 0.717) is 6.54 Å². The Morgan fingerprint density at radius 3 is 2.52 bits per heavy atom. The first-order chi connectivity index (χ1) is 11.7. The Balaban J connectivity index is 1.98. The number of hydrogen-bond acceptors (Lipinski definition) is 3. The van der Waals surface area contributed by atoms with Gasteiger partial charge in [-0.2, -0.15) is 0 Å². The lowest BCUT2D eigenvalue weighted by Crippen LogP contribution is -2.59. The molecule has 25 heavy (non-hydrogen) atoms. The molecule has 1 fully saturated rings. The smallest absolute Gasteiger partial charge is 0.407 e. The van der Waals surface area contributed by atoms with Crippen LogP contribution < -0.4 is 5.32 Å². The van der Waals surface area contributed by atoms with Gasteiger partial charge < -0.3 is 15.2 Å². The van der Waals surface area contributed by atoms with E-state index in [1.165, 1.54) is 4.90 Å². The molecule has 1 heterocycles. The van der Waals surface area contributed by atoms with Gasteiger partial charge in [0.05, 0.1) is 19.2 Å². The quantitative estimate of drug-likeness (QED) is 0.877. The third kappa shape index (κ3) is 4.95. The highest BCUT2D eigenvalue weighted by Crippen LogP contribution is 2.32. The number of carbonyl (C=O) groups is 2. The number of ether oxygens (including phenoxy) is 1. The van der Waals surface area contributed by atoms with Gasteiger partial charge in [-0.25, -0.2) is 4.79 Å². The number of hydrogen-bond donors (Lipinski definition) is 2. The van der Waals surface area contributed by atoms with Crippen LogP contribution in [-0.2, 0) is 16.1 Å². The Kier molecular flexibility index (Phi) is 6.06. The molecule has 3 atom stereocenters. The summed E-state index contributed by atoms with van der Waals surface area (Å²) in [6, 6.07) is 9.32. The summed E-state index contributed by atoms with van der Waals surface area (Å²) in [7, 11) is 0. The van der Waals surface area contributed by atoms with Crippen LogP contribution >= 0.6 is 0 Å². The molecule has 6 nitrogen and oxygen atoms in total. The van der Waals surface area contributed by atoms with E-state index in [1.54, 1.807) is 0 Å². The van der Waals surface area contributed by atoms with E-state index in [0.717, 1.165) is 5.56 Å². The molecule has 0 saturated carbocycles. The number of rotatable bonds is 4. The van der Waals surface area contributed by atoms with E-state index in [4.69, 9.17) is 4.74 Å². The van der Waals surface area contributed by atoms with Crippen molar-refractivity contribution in [2.45, 2.75) is 46.4 Å². The van der Waals surface area contributed by atoms with Gasteiger partial charge in [-0.15, -0.1) is 0 Å². The van der Waals surface area contributed by atoms with Crippen LogP contribution in [0.1, 0.15) is 33.3 Å². The van der Waals surface area contributed by atoms with E-state index in [2.05, 4.69) is 26.1 Å². The molecule has 1 aliphatic rings. The van der Waals surface area contributed by atoms with E-state index in [1.807, 2.05) is 37.3 Å². The number of benzene rings is 1. The molecular weight excluding hydrogens is 320 g/mol. The summed E-state index contributed by atoms with van der Waals surface area (Å²) in [5, 5.41) is 12.4. The van der Waals surface area contributed by atoms with Crippen molar-refractivity contribution in [1.82, 2.24) is 10.2 Å². The molecule has 2 amide bonds. The van der Waals surface area contributed by atoms with Crippen LogP contribution in [0.4, 0.5) is 4.79 Å². The molecule has 1 unspecified atom stereocenters. The summed E-state index contributed by atoms with van der Waals surface area (Å²) in [6.07, 6.45) is -1.78. The molecule has 1 aliphatic heterocycles. The second kappa shape index (κ2) is 7.87. The lowest BCUT2D eigenvalue weighted by molar-refractivity contribution is -0.143. The third-order valence-electron chi connectivity index (χ3n) is 5.02. The number of amides is 2. The van der Waals surface area contributed by atoms with Gasteiger partial charge in [-0.05, 0) is 16.9 Å². The van der Waals surface area contributed by atoms with Gasteiger partial charge in [0.15, 0.2) is 6.10 Å². The van der Waals surface area contributed by atoms with Crippen LogP contribution in [0.25, 0.3) is 0 Å². The van der Waals surface area contributed by atoms with E-state index < -0.39 is 12.2 Å². The van der Waals surface area contributed by atoms with Crippen molar-refractivity contribution < 1.29 is 19.4 Å². The second-order valence-corrected chi connectivity index (χ2v) is 7.68. The normalized spacial score (nSPS) is 22.3. The molecule has 1 aromatic rings. The van der Waals surface area contributed by atoms with Gasteiger partial charge in [-0.3, -0.25) is 9.69 Å². The molecule has 0 radical (unpaired) electrons. The van der Waals surface area contributed by atoms with Crippen LogP contribution in [0.15, 0.2) is 30.3 Å². The van der Waals surface area contributed by atoms with E-state index in [-0.39, 0.29) is 36.4 Å². The zero-order valence-electron chi connectivity index (χ0n) is 15.4. The molecule has 0 aliphatic carbocycles. The Morgan fingerprint density at radius 2 is 1.96 bits per heavy atom. The largest absolute Gasteiger partial charge is 0.465 e. The Hall–Kier alpha value is -2.08. The Bertz CT molecular complexity index is 597. The van der Waals surface area contributed by atoms with E-state index >= 15 is 0 Å². The van der Waals surface area contributed by atoms with E-state index in [9.17, 15) is 14.7 Å². The van der Waals surface area contributed by atoms with Crippen LogP contribution in [0.3, 0.4) is 0 Å². The summed E-state index contributed by atoms with van der Waals surface area (Å²) in [4.78, 5) is 25.4. The lowest BCUT2D eigenvalue weighted by Gasteiger charge is -2.44. The van der Waals surface area contributed by atoms with Gasteiger partial charge in [0.25, 0.3) is 5.91 Å². The van der Waals surface area contributed by atoms with Crippen LogP contribution in [-0.4, -0.2) is 47.3 Å². The fraction of sp³-hybridized carbons (Fsp3) is 0.579.